The Morgan fingerprint density at radius 3 is 2.59 bits per heavy atom. The minimum Gasteiger partial charge on any atom is -0.467 e. The molecule has 1 aliphatic heterocycles. The van der Waals surface area contributed by atoms with Crippen LogP contribution in [0.25, 0.3) is 0 Å². The maximum atomic E-state index is 11.8. The number of thioether (sulfide) groups is 1. The summed E-state index contributed by atoms with van der Waals surface area (Å²) < 4.78 is 9.20. The number of amides is 1. The van der Waals surface area contributed by atoms with Gasteiger partial charge in [0.25, 0.3) is 0 Å². The van der Waals surface area contributed by atoms with Crippen LogP contribution in [0.1, 0.15) is 20.8 Å². The summed E-state index contributed by atoms with van der Waals surface area (Å²) in [5.74, 6) is -0.0611. The summed E-state index contributed by atoms with van der Waals surface area (Å²) in [6, 6.07) is -0.652. The van der Waals surface area contributed by atoms with Gasteiger partial charge in [0.05, 0.1) is 13.0 Å². The zero-order chi connectivity index (χ0) is 13.2. The molecule has 0 aromatic rings. The van der Waals surface area contributed by atoms with Gasteiger partial charge in [0.15, 0.2) is 5.56 Å². The van der Waals surface area contributed by atoms with Crippen LogP contribution >= 0.6 is 23.4 Å². The molecule has 0 aromatic heterocycles. The lowest BCUT2D eigenvalue weighted by atomic mass is 10.0. The van der Waals surface area contributed by atoms with Crippen LogP contribution in [0.5, 0.6) is 0 Å². The van der Waals surface area contributed by atoms with E-state index in [4.69, 9.17) is 21.1 Å². The number of hydrogen-bond donors (Lipinski definition) is 0. The summed E-state index contributed by atoms with van der Waals surface area (Å²) in [4.78, 5) is 24.8. The molecule has 5 nitrogen and oxygen atoms in total. The van der Waals surface area contributed by atoms with E-state index in [9.17, 15) is 9.59 Å². The Labute approximate surface area is 110 Å². The van der Waals surface area contributed by atoms with Crippen LogP contribution in [0.3, 0.4) is 0 Å². The fourth-order valence-corrected chi connectivity index (χ4v) is 2.84. The molecule has 1 rings (SSSR count). The number of ether oxygens (including phenoxy) is 2. The molecule has 98 valence electrons. The topological polar surface area (TPSA) is 55.8 Å². The average Bonchev–Trinajstić information content (AvgIpc) is 2.52. The Morgan fingerprint density at radius 2 is 2.12 bits per heavy atom. The highest BCUT2D eigenvalue weighted by Crippen LogP contribution is 2.40. The Kier molecular flexibility index (Phi) is 4.55. The first-order chi connectivity index (χ1) is 7.79. The molecule has 0 radical (unpaired) electrons. The molecule has 0 spiro atoms. The largest absolute Gasteiger partial charge is 0.467 e. The van der Waals surface area contributed by atoms with Crippen molar-refractivity contribution >= 4 is 35.4 Å². The first kappa shape index (κ1) is 14.4. The van der Waals surface area contributed by atoms with Gasteiger partial charge in [0, 0.05) is 4.75 Å². The predicted molar refractivity (Wildman–Crippen MR) is 66.0 cm³/mol. The first-order valence-electron chi connectivity index (χ1n) is 5.12. The second-order valence-corrected chi connectivity index (χ2v) is 6.41. The number of esters is 1. The summed E-state index contributed by atoms with van der Waals surface area (Å²) >= 11 is 7.09. The highest BCUT2D eigenvalue weighted by molar-refractivity contribution is 8.00. The van der Waals surface area contributed by atoms with Crippen molar-refractivity contribution in [3.63, 3.8) is 0 Å². The van der Waals surface area contributed by atoms with Gasteiger partial charge in [-0.1, -0.05) is 11.6 Å². The Morgan fingerprint density at radius 1 is 1.53 bits per heavy atom. The molecule has 0 saturated carbocycles. The van der Waals surface area contributed by atoms with Crippen molar-refractivity contribution in [2.24, 2.45) is 0 Å². The number of nitrogens with zero attached hydrogens (tertiary/aromatic N) is 1. The summed E-state index contributed by atoms with van der Waals surface area (Å²) in [5.41, 5.74) is -0.727. The summed E-state index contributed by atoms with van der Waals surface area (Å²) in [5, 5.41) is 0. The van der Waals surface area contributed by atoms with E-state index in [0.29, 0.717) is 5.88 Å². The van der Waals surface area contributed by atoms with Crippen LogP contribution in [-0.4, -0.2) is 46.3 Å². The molecule has 1 saturated heterocycles. The van der Waals surface area contributed by atoms with Crippen molar-refractivity contribution in [1.82, 2.24) is 4.90 Å². The van der Waals surface area contributed by atoms with Gasteiger partial charge in [-0.3, -0.25) is 4.90 Å². The van der Waals surface area contributed by atoms with E-state index in [0.717, 1.165) is 0 Å². The van der Waals surface area contributed by atoms with Crippen LogP contribution in [0.2, 0.25) is 0 Å². The quantitative estimate of drug-likeness (QED) is 0.573. The molecule has 1 amide bonds. The third kappa shape index (κ3) is 3.19. The number of alkyl halides is 1. The molecule has 1 heterocycles. The lowest BCUT2D eigenvalue weighted by Crippen LogP contribution is -2.49. The van der Waals surface area contributed by atoms with E-state index in [2.05, 4.69) is 0 Å². The van der Waals surface area contributed by atoms with Gasteiger partial charge in [-0.25, -0.2) is 9.59 Å². The second-order valence-electron chi connectivity index (χ2n) is 4.20. The lowest BCUT2D eigenvalue weighted by Gasteiger charge is -2.28. The molecule has 0 N–H and O–H groups in total. The second kappa shape index (κ2) is 5.35. The number of rotatable bonds is 2. The number of carbonyl (C=O) groups excluding carboxylic acids is 2. The van der Waals surface area contributed by atoms with Crippen molar-refractivity contribution in [2.45, 2.75) is 37.1 Å². The third-order valence-electron chi connectivity index (χ3n) is 2.47. The molecule has 1 fully saturated rings. The summed E-state index contributed by atoms with van der Waals surface area (Å²) in [6.45, 7) is 5.31. The molecule has 7 heteroatoms. The molecule has 0 aliphatic carbocycles. The maximum Gasteiger partial charge on any atom is 0.412 e. The van der Waals surface area contributed by atoms with Gasteiger partial charge < -0.3 is 9.47 Å². The molecule has 2 unspecified atom stereocenters. The maximum absolute atomic E-state index is 11.8. The fourth-order valence-electron chi connectivity index (χ4n) is 1.65. The SMILES string of the molecule is COC(=O)C1N(C(=O)OC(C)Cl)CSC1(C)C. The standard InChI is InChI=1S/C10H16ClNO4S/c1-6(11)16-9(14)12-5-17-10(2,3)7(12)8(13)15-4/h6-7H,5H2,1-4H3. The Bertz CT molecular complexity index is 321. The van der Waals surface area contributed by atoms with E-state index in [-0.39, 0.29) is 0 Å². The lowest BCUT2D eigenvalue weighted by molar-refractivity contribution is -0.146. The van der Waals surface area contributed by atoms with Gasteiger partial charge in [-0.2, -0.15) is 0 Å². The molecular formula is C10H16ClNO4S. The molecule has 0 aromatic carbocycles. The van der Waals surface area contributed by atoms with E-state index >= 15 is 0 Å². The van der Waals surface area contributed by atoms with Crippen molar-refractivity contribution in [2.75, 3.05) is 13.0 Å². The zero-order valence-electron chi connectivity index (χ0n) is 10.2. The van der Waals surface area contributed by atoms with E-state index < -0.39 is 28.4 Å². The number of carbonyl (C=O) groups is 2. The Hall–Kier alpha value is -0.620. The average molecular weight is 282 g/mol. The molecule has 2 atom stereocenters. The van der Waals surface area contributed by atoms with Crippen LogP contribution in [0, 0.1) is 0 Å². The fraction of sp³-hybridized carbons (Fsp3) is 0.800. The van der Waals surface area contributed by atoms with Gasteiger partial charge >= 0.3 is 12.1 Å². The number of halogens is 1. The highest BCUT2D eigenvalue weighted by atomic mass is 35.5. The minimum absolute atomic E-state index is 0.384. The summed E-state index contributed by atoms with van der Waals surface area (Å²) in [6.07, 6.45) is -0.596. The smallest absolute Gasteiger partial charge is 0.412 e. The first-order valence-corrected chi connectivity index (χ1v) is 6.55. The molecule has 0 bridgehead atoms. The van der Waals surface area contributed by atoms with Crippen molar-refractivity contribution < 1.29 is 19.1 Å². The van der Waals surface area contributed by atoms with Gasteiger partial charge in [-0.15, -0.1) is 11.8 Å². The van der Waals surface area contributed by atoms with E-state index in [1.165, 1.54) is 23.8 Å². The van der Waals surface area contributed by atoms with Crippen molar-refractivity contribution in [1.29, 1.82) is 0 Å². The number of methoxy groups -OCH3 is 1. The normalized spacial score (nSPS) is 24.3. The summed E-state index contributed by atoms with van der Waals surface area (Å²) in [7, 11) is 1.30. The van der Waals surface area contributed by atoms with Crippen LogP contribution < -0.4 is 0 Å². The van der Waals surface area contributed by atoms with Crippen molar-refractivity contribution in [3.8, 4) is 0 Å². The van der Waals surface area contributed by atoms with Crippen LogP contribution in [0.4, 0.5) is 4.79 Å². The minimum atomic E-state index is -0.727. The highest BCUT2D eigenvalue weighted by Gasteiger charge is 2.49. The molecular weight excluding hydrogens is 266 g/mol. The monoisotopic (exact) mass is 281 g/mol. The van der Waals surface area contributed by atoms with Gasteiger partial charge in [0.2, 0.25) is 0 Å². The van der Waals surface area contributed by atoms with Crippen LogP contribution in [-0.2, 0) is 14.3 Å². The van der Waals surface area contributed by atoms with E-state index in [1.54, 1.807) is 6.92 Å². The van der Waals surface area contributed by atoms with E-state index in [1.807, 2.05) is 13.8 Å². The third-order valence-corrected chi connectivity index (χ3v) is 3.93. The van der Waals surface area contributed by atoms with Gasteiger partial charge in [0.1, 0.15) is 6.04 Å². The van der Waals surface area contributed by atoms with Gasteiger partial charge in [-0.05, 0) is 20.8 Å². The Balaban J connectivity index is 2.85. The van der Waals surface area contributed by atoms with Crippen LogP contribution in [0.15, 0.2) is 0 Å². The number of hydrogen-bond acceptors (Lipinski definition) is 5. The molecule has 17 heavy (non-hydrogen) atoms. The van der Waals surface area contributed by atoms with Crippen molar-refractivity contribution in [3.05, 3.63) is 0 Å². The predicted octanol–water partition coefficient (Wildman–Crippen LogP) is 2.03. The zero-order valence-corrected chi connectivity index (χ0v) is 11.8. The molecule has 1 aliphatic rings.